The van der Waals surface area contributed by atoms with Crippen LogP contribution in [0.3, 0.4) is 0 Å². The van der Waals surface area contributed by atoms with E-state index in [4.69, 9.17) is 9.47 Å². The topological polar surface area (TPSA) is 58.9 Å². The third kappa shape index (κ3) is 6.54. The molecular weight excluding hydrogens is 448 g/mol. The third-order valence-corrected chi connectivity index (χ3v) is 6.36. The Morgan fingerprint density at radius 1 is 0.472 bits per heavy atom. The molecule has 2 N–H and O–H groups in total. The summed E-state index contributed by atoms with van der Waals surface area (Å²) in [6.45, 7) is 4.85. The van der Waals surface area contributed by atoms with Crippen LogP contribution in [0.15, 0.2) is 97.1 Å². The molecule has 2 unspecified atom stereocenters. The van der Waals surface area contributed by atoms with E-state index in [0.717, 1.165) is 44.9 Å². The molecule has 0 amide bonds. The zero-order valence-electron chi connectivity index (χ0n) is 20.9. The molecule has 0 aromatic heterocycles. The first-order chi connectivity index (χ1) is 17.6. The summed E-state index contributed by atoms with van der Waals surface area (Å²) in [6.07, 6.45) is 0.600. The monoisotopic (exact) mass is 482 g/mol. The third-order valence-electron chi connectivity index (χ3n) is 6.36. The Morgan fingerprint density at radius 2 is 0.750 bits per heavy atom. The lowest BCUT2D eigenvalue weighted by atomic mass is 10.0. The van der Waals surface area contributed by atoms with Gasteiger partial charge < -0.3 is 19.7 Å². The van der Waals surface area contributed by atoms with E-state index < -0.39 is 12.2 Å². The first-order valence-electron chi connectivity index (χ1n) is 12.6. The molecule has 4 aromatic rings. The van der Waals surface area contributed by atoms with Crippen molar-refractivity contribution >= 4 is 0 Å². The molecule has 0 aliphatic carbocycles. The second kappa shape index (κ2) is 12.4. The van der Waals surface area contributed by atoms with Crippen molar-refractivity contribution in [3.63, 3.8) is 0 Å². The van der Waals surface area contributed by atoms with Crippen molar-refractivity contribution in [2.24, 2.45) is 0 Å². The maximum Gasteiger partial charge on any atom is 0.122 e. The SMILES string of the molecule is CCC(O)c1ccc(-c2ccc(OCCOc3ccc(-c4ccc(C(O)CC)cc4)cc3)cc2)cc1. The predicted molar refractivity (Wildman–Crippen MR) is 145 cm³/mol. The molecule has 0 aliphatic heterocycles. The van der Waals surface area contributed by atoms with Gasteiger partial charge in [-0.05, 0) is 70.5 Å². The number of rotatable bonds is 11. The summed E-state index contributed by atoms with van der Waals surface area (Å²) >= 11 is 0. The molecule has 4 nitrogen and oxygen atoms in total. The lowest BCUT2D eigenvalue weighted by Crippen LogP contribution is -2.08. The van der Waals surface area contributed by atoms with Gasteiger partial charge in [0.2, 0.25) is 0 Å². The van der Waals surface area contributed by atoms with Gasteiger partial charge in [-0.2, -0.15) is 0 Å². The summed E-state index contributed by atoms with van der Waals surface area (Å²) in [5, 5.41) is 19.9. The van der Waals surface area contributed by atoms with Crippen molar-refractivity contribution in [3.05, 3.63) is 108 Å². The van der Waals surface area contributed by atoms with Crippen molar-refractivity contribution in [2.75, 3.05) is 13.2 Å². The molecule has 2 atom stereocenters. The molecule has 0 saturated carbocycles. The van der Waals surface area contributed by atoms with Gasteiger partial charge in [0.15, 0.2) is 0 Å². The lowest BCUT2D eigenvalue weighted by molar-refractivity contribution is 0.173. The number of ether oxygens (including phenoxy) is 2. The van der Waals surface area contributed by atoms with Crippen LogP contribution in [0.25, 0.3) is 22.3 Å². The molecule has 186 valence electrons. The van der Waals surface area contributed by atoms with E-state index >= 15 is 0 Å². The van der Waals surface area contributed by atoms with Crippen LogP contribution in [-0.2, 0) is 0 Å². The zero-order valence-corrected chi connectivity index (χ0v) is 20.9. The summed E-state index contributed by atoms with van der Waals surface area (Å²) in [7, 11) is 0. The minimum absolute atomic E-state index is 0.409. The smallest absolute Gasteiger partial charge is 0.122 e. The molecule has 0 heterocycles. The first kappa shape index (κ1) is 25.5. The molecule has 0 saturated heterocycles. The molecule has 0 spiro atoms. The molecule has 36 heavy (non-hydrogen) atoms. The quantitative estimate of drug-likeness (QED) is 0.219. The molecule has 0 radical (unpaired) electrons. The van der Waals surface area contributed by atoms with E-state index in [1.54, 1.807) is 0 Å². The highest BCUT2D eigenvalue weighted by Gasteiger charge is 2.07. The van der Waals surface area contributed by atoms with Crippen LogP contribution in [0.5, 0.6) is 11.5 Å². The van der Waals surface area contributed by atoms with E-state index in [-0.39, 0.29) is 0 Å². The van der Waals surface area contributed by atoms with E-state index in [1.807, 2.05) is 111 Å². The Morgan fingerprint density at radius 3 is 1.03 bits per heavy atom. The number of hydrogen-bond donors (Lipinski definition) is 2. The van der Waals surface area contributed by atoms with Crippen LogP contribution in [-0.4, -0.2) is 23.4 Å². The van der Waals surface area contributed by atoms with Gasteiger partial charge in [-0.3, -0.25) is 0 Å². The molecule has 4 rings (SSSR count). The normalized spacial score (nSPS) is 12.7. The molecule has 0 aliphatic rings. The van der Waals surface area contributed by atoms with Crippen LogP contribution in [0, 0.1) is 0 Å². The summed E-state index contributed by atoms with van der Waals surface area (Å²) in [5.41, 5.74) is 6.31. The highest BCUT2D eigenvalue weighted by molar-refractivity contribution is 5.65. The minimum atomic E-state index is -0.409. The van der Waals surface area contributed by atoms with E-state index in [1.165, 1.54) is 0 Å². The second-order valence-electron chi connectivity index (χ2n) is 8.84. The fraction of sp³-hybridized carbons (Fsp3) is 0.250. The summed E-state index contributed by atoms with van der Waals surface area (Å²) in [4.78, 5) is 0. The number of aliphatic hydroxyl groups is 2. The Labute approximate surface area is 213 Å². The molecule has 4 aromatic carbocycles. The van der Waals surface area contributed by atoms with Crippen LogP contribution >= 0.6 is 0 Å². The van der Waals surface area contributed by atoms with Crippen molar-refractivity contribution < 1.29 is 19.7 Å². The van der Waals surface area contributed by atoms with E-state index in [0.29, 0.717) is 26.1 Å². The summed E-state index contributed by atoms with van der Waals surface area (Å²) in [6, 6.07) is 32.1. The highest BCUT2D eigenvalue weighted by atomic mass is 16.5. The van der Waals surface area contributed by atoms with Gasteiger partial charge in [-0.1, -0.05) is 86.6 Å². The summed E-state index contributed by atoms with van der Waals surface area (Å²) in [5.74, 6) is 1.60. The van der Waals surface area contributed by atoms with E-state index in [9.17, 15) is 10.2 Å². The van der Waals surface area contributed by atoms with Gasteiger partial charge in [-0.15, -0.1) is 0 Å². The number of aliphatic hydroxyl groups excluding tert-OH is 2. The fourth-order valence-corrected chi connectivity index (χ4v) is 4.07. The lowest BCUT2D eigenvalue weighted by Gasteiger charge is -2.11. The molecule has 0 bridgehead atoms. The van der Waals surface area contributed by atoms with Crippen LogP contribution < -0.4 is 9.47 Å². The van der Waals surface area contributed by atoms with Crippen molar-refractivity contribution in [1.82, 2.24) is 0 Å². The maximum atomic E-state index is 9.96. The Hall–Kier alpha value is -3.60. The molecular formula is C32H34O4. The average molecular weight is 483 g/mol. The maximum absolute atomic E-state index is 9.96. The van der Waals surface area contributed by atoms with Gasteiger partial charge in [0.1, 0.15) is 24.7 Å². The second-order valence-corrected chi connectivity index (χ2v) is 8.84. The number of hydrogen-bond acceptors (Lipinski definition) is 4. The van der Waals surface area contributed by atoms with Crippen molar-refractivity contribution in [1.29, 1.82) is 0 Å². The van der Waals surface area contributed by atoms with Crippen LogP contribution in [0.2, 0.25) is 0 Å². The minimum Gasteiger partial charge on any atom is -0.490 e. The van der Waals surface area contributed by atoms with Gasteiger partial charge in [0, 0.05) is 0 Å². The Bertz CT molecular complexity index is 1100. The highest BCUT2D eigenvalue weighted by Crippen LogP contribution is 2.26. The Balaban J connectivity index is 1.24. The van der Waals surface area contributed by atoms with Gasteiger partial charge >= 0.3 is 0 Å². The zero-order chi connectivity index (χ0) is 25.3. The fourth-order valence-electron chi connectivity index (χ4n) is 4.07. The van der Waals surface area contributed by atoms with Crippen LogP contribution in [0.1, 0.15) is 50.0 Å². The molecule has 4 heteroatoms. The van der Waals surface area contributed by atoms with Crippen molar-refractivity contribution in [3.8, 4) is 33.8 Å². The largest absolute Gasteiger partial charge is 0.490 e. The van der Waals surface area contributed by atoms with Gasteiger partial charge in [0.25, 0.3) is 0 Å². The summed E-state index contributed by atoms with van der Waals surface area (Å²) < 4.78 is 11.7. The standard InChI is InChI=1S/C32H34O4/c1-3-31(33)27-9-5-23(6-10-27)25-13-17-29(18-14-25)35-21-22-36-30-19-15-26(16-20-30)24-7-11-28(12-8-24)32(34)4-2/h5-20,31-34H,3-4,21-22H2,1-2H3. The van der Waals surface area contributed by atoms with Gasteiger partial charge in [0.05, 0.1) is 12.2 Å². The first-order valence-corrected chi connectivity index (χ1v) is 12.6. The number of benzene rings is 4. The Kier molecular flexibility index (Phi) is 8.77. The van der Waals surface area contributed by atoms with Crippen LogP contribution in [0.4, 0.5) is 0 Å². The predicted octanol–water partition coefficient (Wildman–Crippen LogP) is 7.37. The van der Waals surface area contributed by atoms with Crippen molar-refractivity contribution in [2.45, 2.75) is 38.9 Å². The average Bonchev–Trinajstić information content (AvgIpc) is 2.95. The van der Waals surface area contributed by atoms with Gasteiger partial charge in [-0.25, -0.2) is 0 Å². The van der Waals surface area contributed by atoms with E-state index in [2.05, 4.69) is 0 Å². The molecule has 0 fully saturated rings.